The van der Waals surface area contributed by atoms with Gasteiger partial charge in [-0.25, -0.2) is 15.0 Å². The maximum absolute atomic E-state index is 12.4. The first-order valence-electron chi connectivity index (χ1n) is 9.00. The number of aliphatic imine (C=N–C) groups is 1. The summed E-state index contributed by atoms with van der Waals surface area (Å²) in [6.45, 7) is 4.46. The molecule has 138 valence electrons. The molecule has 26 heavy (non-hydrogen) atoms. The maximum atomic E-state index is 12.4. The highest BCUT2D eigenvalue weighted by Crippen LogP contribution is 2.35. The number of carbonyl (C=O) groups excluding carboxylic acids is 1. The van der Waals surface area contributed by atoms with Gasteiger partial charge in [-0.2, -0.15) is 0 Å². The maximum Gasteiger partial charge on any atom is 0.245 e. The van der Waals surface area contributed by atoms with Crippen molar-refractivity contribution in [2.24, 2.45) is 10.9 Å². The Kier molecular flexibility index (Phi) is 4.34. The van der Waals surface area contributed by atoms with E-state index in [9.17, 15) is 4.79 Å². The highest BCUT2D eigenvalue weighted by molar-refractivity contribution is 6.30. The standard InChI is InChI=1S/C18H23ClN6O/c1-18(2,17(26)23-11-3-4-11)25-14-5-6-20-16(24-14)13-9-22-15-12(13)7-10(19)8-21-15/h5-6,8,11-13H,3-4,7,9H2,1-2H3,(H,21,22)(H,23,26)(H,20,24,25). The first kappa shape index (κ1) is 17.3. The summed E-state index contributed by atoms with van der Waals surface area (Å²) in [6.07, 6.45) is 6.30. The molecule has 1 aliphatic carbocycles. The topological polar surface area (TPSA) is 91.3 Å². The van der Waals surface area contributed by atoms with Crippen LogP contribution in [0, 0.1) is 5.92 Å². The summed E-state index contributed by atoms with van der Waals surface area (Å²) in [5.41, 5.74) is -0.744. The number of carbonyl (C=O) groups is 1. The molecule has 3 heterocycles. The largest absolute Gasteiger partial charge is 0.373 e. The Balaban J connectivity index is 1.49. The first-order valence-corrected chi connectivity index (χ1v) is 9.38. The molecule has 1 saturated heterocycles. The van der Waals surface area contributed by atoms with Crippen LogP contribution in [0.1, 0.15) is 44.9 Å². The van der Waals surface area contributed by atoms with Crippen LogP contribution >= 0.6 is 11.6 Å². The lowest BCUT2D eigenvalue weighted by atomic mass is 9.90. The Bertz CT molecular complexity index is 786. The van der Waals surface area contributed by atoms with E-state index in [0.717, 1.165) is 42.5 Å². The fourth-order valence-corrected chi connectivity index (χ4v) is 3.54. The van der Waals surface area contributed by atoms with E-state index >= 15 is 0 Å². The number of amides is 1. The first-order chi connectivity index (χ1) is 12.4. The molecule has 2 atom stereocenters. The molecule has 2 unspecified atom stereocenters. The van der Waals surface area contributed by atoms with E-state index in [-0.39, 0.29) is 17.7 Å². The van der Waals surface area contributed by atoms with Gasteiger partial charge in [0.25, 0.3) is 0 Å². The fourth-order valence-electron chi connectivity index (χ4n) is 3.32. The minimum absolute atomic E-state index is 0.0127. The highest BCUT2D eigenvalue weighted by atomic mass is 35.5. The molecule has 1 aromatic rings. The molecule has 1 aromatic heterocycles. The van der Waals surface area contributed by atoms with Gasteiger partial charge in [0.2, 0.25) is 5.91 Å². The van der Waals surface area contributed by atoms with Crippen molar-refractivity contribution in [2.45, 2.75) is 50.6 Å². The molecule has 1 saturated carbocycles. The van der Waals surface area contributed by atoms with E-state index in [1.54, 1.807) is 18.5 Å². The van der Waals surface area contributed by atoms with Gasteiger partial charge in [0.1, 0.15) is 23.0 Å². The highest BCUT2D eigenvalue weighted by Gasteiger charge is 2.38. The van der Waals surface area contributed by atoms with Crippen molar-refractivity contribution >= 4 is 29.2 Å². The SMILES string of the molecule is CC(C)(Nc1ccnc(C2CNC3=NC=C(Cl)CC32)n1)C(=O)NC1CC1. The zero-order chi connectivity index (χ0) is 18.3. The van der Waals surface area contributed by atoms with Crippen molar-refractivity contribution < 1.29 is 4.79 Å². The molecule has 3 N–H and O–H groups in total. The molecule has 8 heteroatoms. The van der Waals surface area contributed by atoms with Crippen LogP contribution in [-0.4, -0.2) is 39.8 Å². The molecule has 1 amide bonds. The molecular formula is C18H23ClN6O. The predicted octanol–water partition coefficient (Wildman–Crippen LogP) is 2.13. The fraction of sp³-hybridized carbons (Fsp3) is 0.556. The van der Waals surface area contributed by atoms with Crippen LogP contribution in [0.4, 0.5) is 5.82 Å². The van der Waals surface area contributed by atoms with Crippen LogP contribution in [0.5, 0.6) is 0 Å². The third-order valence-corrected chi connectivity index (χ3v) is 5.28. The summed E-state index contributed by atoms with van der Waals surface area (Å²) in [5, 5.41) is 10.4. The molecule has 7 nitrogen and oxygen atoms in total. The lowest BCUT2D eigenvalue weighted by molar-refractivity contribution is -0.124. The second-order valence-corrected chi connectivity index (χ2v) is 8.17. The Morgan fingerprint density at radius 2 is 2.15 bits per heavy atom. The molecule has 4 rings (SSSR count). The summed E-state index contributed by atoms with van der Waals surface area (Å²) in [5.74, 6) is 2.61. The van der Waals surface area contributed by atoms with Crippen molar-refractivity contribution in [1.82, 2.24) is 20.6 Å². The second-order valence-electron chi connectivity index (χ2n) is 7.69. The summed E-state index contributed by atoms with van der Waals surface area (Å²) in [7, 11) is 0. The Morgan fingerprint density at radius 3 is 2.92 bits per heavy atom. The van der Waals surface area contributed by atoms with Crippen LogP contribution in [0.15, 0.2) is 28.5 Å². The molecule has 0 aromatic carbocycles. The van der Waals surface area contributed by atoms with Gasteiger partial charge in [0.15, 0.2) is 0 Å². The molecule has 2 aliphatic heterocycles. The molecule has 0 spiro atoms. The second kappa shape index (κ2) is 6.54. The number of aromatic nitrogens is 2. The van der Waals surface area contributed by atoms with Crippen molar-refractivity contribution in [2.75, 3.05) is 11.9 Å². The van der Waals surface area contributed by atoms with E-state index in [0.29, 0.717) is 11.9 Å². The molecule has 3 aliphatic rings. The Labute approximate surface area is 157 Å². The summed E-state index contributed by atoms with van der Waals surface area (Å²) in [6, 6.07) is 2.12. The van der Waals surface area contributed by atoms with Crippen molar-refractivity contribution in [3.8, 4) is 0 Å². The van der Waals surface area contributed by atoms with Gasteiger partial charge in [-0.3, -0.25) is 4.79 Å². The van der Waals surface area contributed by atoms with Crippen molar-refractivity contribution in [1.29, 1.82) is 0 Å². The molecule has 0 bridgehead atoms. The number of hydrogen-bond donors (Lipinski definition) is 3. The van der Waals surface area contributed by atoms with E-state index < -0.39 is 5.54 Å². The number of amidine groups is 1. The van der Waals surface area contributed by atoms with Crippen LogP contribution in [0.25, 0.3) is 0 Å². The summed E-state index contributed by atoms with van der Waals surface area (Å²) >= 11 is 6.16. The normalized spacial score (nSPS) is 24.9. The number of nitrogens with one attached hydrogen (secondary N) is 3. The van der Waals surface area contributed by atoms with Gasteiger partial charge in [0.05, 0.1) is 0 Å². The van der Waals surface area contributed by atoms with Crippen LogP contribution in [0.2, 0.25) is 0 Å². The average Bonchev–Trinajstić information content (AvgIpc) is 3.31. The van der Waals surface area contributed by atoms with Gasteiger partial charge in [-0.1, -0.05) is 11.6 Å². The van der Waals surface area contributed by atoms with E-state index in [4.69, 9.17) is 11.6 Å². The van der Waals surface area contributed by atoms with E-state index in [1.165, 1.54) is 0 Å². The summed E-state index contributed by atoms with van der Waals surface area (Å²) in [4.78, 5) is 25.9. The van der Waals surface area contributed by atoms with Gasteiger partial charge >= 0.3 is 0 Å². The average molecular weight is 375 g/mol. The molecule has 2 fully saturated rings. The number of nitrogens with zero attached hydrogens (tertiary/aromatic N) is 3. The van der Waals surface area contributed by atoms with Crippen molar-refractivity contribution in [3.63, 3.8) is 0 Å². The Hall–Kier alpha value is -2.15. The van der Waals surface area contributed by atoms with Crippen LogP contribution in [0.3, 0.4) is 0 Å². The van der Waals surface area contributed by atoms with Gasteiger partial charge < -0.3 is 16.0 Å². The Morgan fingerprint density at radius 1 is 1.35 bits per heavy atom. The minimum atomic E-state index is -0.744. The summed E-state index contributed by atoms with van der Waals surface area (Å²) < 4.78 is 0. The number of fused-ring (bicyclic) bond motifs is 1. The number of halogens is 1. The quantitative estimate of drug-likeness (QED) is 0.734. The number of rotatable bonds is 5. The minimum Gasteiger partial charge on any atom is -0.373 e. The van der Waals surface area contributed by atoms with Gasteiger partial charge in [-0.15, -0.1) is 0 Å². The van der Waals surface area contributed by atoms with Gasteiger partial charge in [0, 0.05) is 41.9 Å². The van der Waals surface area contributed by atoms with Gasteiger partial charge in [-0.05, 0) is 39.2 Å². The lowest BCUT2D eigenvalue weighted by Gasteiger charge is -2.26. The third kappa shape index (κ3) is 3.53. The molecule has 0 radical (unpaired) electrons. The smallest absolute Gasteiger partial charge is 0.245 e. The molecular weight excluding hydrogens is 352 g/mol. The van der Waals surface area contributed by atoms with Crippen LogP contribution in [-0.2, 0) is 4.79 Å². The number of allylic oxidation sites excluding steroid dienone is 1. The third-order valence-electron chi connectivity index (χ3n) is 5.03. The van der Waals surface area contributed by atoms with Crippen LogP contribution < -0.4 is 16.0 Å². The van der Waals surface area contributed by atoms with E-state index in [1.807, 2.05) is 13.8 Å². The van der Waals surface area contributed by atoms with E-state index in [2.05, 4.69) is 30.9 Å². The number of hydrogen-bond acceptors (Lipinski definition) is 6. The zero-order valence-corrected chi connectivity index (χ0v) is 15.7. The number of anilines is 1. The monoisotopic (exact) mass is 374 g/mol. The predicted molar refractivity (Wildman–Crippen MR) is 101 cm³/mol. The zero-order valence-electron chi connectivity index (χ0n) is 14.9. The lowest BCUT2D eigenvalue weighted by Crippen LogP contribution is -2.48. The van der Waals surface area contributed by atoms with Crippen molar-refractivity contribution in [3.05, 3.63) is 29.3 Å².